The first-order chi connectivity index (χ1) is 21.4. The number of aromatic hydroxyl groups is 2. The second-order valence-corrected chi connectivity index (χ2v) is 9.93. The summed E-state index contributed by atoms with van der Waals surface area (Å²) in [5.74, 6) is -0.313. The number of pyridine rings is 2. The molecule has 0 amide bonds. The monoisotopic (exact) mass is 680 g/mol. The van der Waals surface area contributed by atoms with Crippen molar-refractivity contribution in [2.45, 2.75) is 0 Å². The third-order valence-electron chi connectivity index (χ3n) is 6.20. The molecule has 0 aliphatic carbocycles. The number of hydrogen-bond donors (Lipinski definition) is 2. The summed E-state index contributed by atoms with van der Waals surface area (Å²) < 4.78 is 0. The number of rotatable bonds is 6. The van der Waals surface area contributed by atoms with Crippen molar-refractivity contribution in [1.82, 2.24) is 9.97 Å². The van der Waals surface area contributed by atoms with Crippen molar-refractivity contribution in [1.29, 1.82) is 0 Å². The molecule has 0 saturated heterocycles. The quantitative estimate of drug-likeness (QED) is 0.101. The Morgan fingerprint density at radius 2 is 0.956 bits per heavy atom. The number of phenolic OH excluding ortho intramolecular Hbond substituents is 2. The maximum absolute atomic E-state index is 11.1. The second-order valence-electron chi connectivity index (χ2n) is 9.05. The van der Waals surface area contributed by atoms with Gasteiger partial charge in [-0.3, -0.25) is 19.6 Å². The first-order valence-electron chi connectivity index (χ1n) is 12.8. The Labute approximate surface area is 276 Å². The van der Waals surface area contributed by atoms with E-state index in [0.717, 1.165) is 0 Å². The van der Waals surface area contributed by atoms with Crippen LogP contribution < -0.4 is 0 Å². The molecule has 0 unspecified atom stereocenters. The third kappa shape index (κ3) is 7.71. The number of halogens is 2. The van der Waals surface area contributed by atoms with E-state index in [-0.39, 0.29) is 39.1 Å². The molecule has 6 rings (SSSR count). The smallest absolute Gasteiger partial charge is 0.153 e. The average Bonchev–Trinajstić information content (AvgIpc) is 3.06. The number of aldehydes is 2. The molecule has 0 fully saturated rings. The van der Waals surface area contributed by atoms with Crippen LogP contribution in [0.3, 0.4) is 0 Å². The molecule has 0 aliphatic rings. The molecule has 0 spiro atoms. The van der Waals surface area contributed by atoms with E-state index in [1.54, 1.807) is 72.8 Å². The molecule has 13 heteroatoms. The van der Waals surface area contributed by atoms with Gasteiger partial charge in [-0.2, -0.15) is 10.2 Å². The number of carbonyl (C=O) groups excluding carboxylic acids is 2. The Balaban J connectivity index is 0.000000200. The van der Waals surface area contributed by atoms with Crippen LogP contribution in [-0.2, 0) is 16.5 Å². The molecule has 2 aromatic heterocycles. The van der Waals surface area contributed by atoms with Crippen molar-refractivity contribution in [3.63, 3.8) is 0 Å². The van der Waals surface area contributed by atoms with E-state index in [1.807, 2.05) is 0 Å². The van der Waals surface area contributed by atoms with E-state index < -0.39 is 0 Å². The molecule has 0 saturated carbocycles. The van der Waals surface area contributed by atoms with Crippen molar-refractivity contribution in [2.75, 3.05) is 0 Å². The van der Waals surface area contributed by atoms with Gasteiger partial charge in [-0.15, -0.1) is 10.2 Å². The van der Waals surface area contributed by atoms with E-state index >= 15 is 0 Å². The van der Waals surface area contributed by atoms with Crippen molar-refractivity contribution in [3.05, 3.63) is 118 Å². The topological polar surface area (TPSA) is 150 Å². The van der Waals surface area contributed by atoms with Gasteiger partial charge in [0.1, 0.15) is 11.0 Å². The van der Waals surface area contributed by atoms with Crippen LogP contribution in [0.25, 0.3) is 21.8 Å². The predicted molar refractivity (Wildman–Crippen MR) is 169 cm³/mol. The zero-order valence-corrected chi connectivity index (χ0v) is 25.4. The Bertz CT molecular complexity index is 1910. The van der Waals surface area contributed by atoms with Crippen LogP contribution in [0.2, 0.25) is 10.0 Å². The molecule has 10 nitrogen and oxygen atoms in total. The summed E-state index contributed by atoms with van der Waals surface area (Å²) in [4.78, 5) is 30.3. The maximum atomic E-state index is 11.1. The van der Waals surface area contributed by atoms with Gasteiger partial charge in [0.15, 0.2) is 24.1 Å². The summed E-state index contributed by atoms with van der Waals surface area (Å²) in [6.07, 6.45) is 4.20. The maximum Gasteiger partial charge on any atom is 0.153 e. The van der Waals surface area contributed by atoms with Gasteiger partial charge in [0.05, 0.1) is 33.9 Å². The van der Waals surface area contributed by atoms with E-state index in [1.165, 1.54) is 24.5 Å². The number of phenols is 2. The minimum Gasteiger partial charge on any atom is -0.505 e. The van der Waals surface area contributed by atoms with Gasteiger partial charge < -0.3 is 10.2 Å². The van der Waals surface area contributed by atoms with Crippen molar-refractivity contribution >= 4 is 80.3 Å². The Kier molecular flexibility index (Phi) is 11.0. The van der Waals surface area contributed by atoms with Gasteiger partial charge in [0.25, 0.3) is 0 Å². The standard InChI is InChI=1S/2C16H10ClN3O2.Ni/c2*17-11-3-5-12(6-4-11)19-20-14-8-10(9-21)16(22)15-13(14)2-1-7-18-15;/h2*1-9,22H;. The largest absolute Gasteiger partial charge is 0.505 e. The minimum absolute atomic E-state index is 0. The molecule has 6 aromatic rings. The summed E-state index contributed by atoms with van der Waals surface area (Å²) >= 11 is 11.6. The molecule has 226 valence electrons. The molecular formula is C32H20Cl2N6NiO4. The van der Waals surface area contributed by atoms with Gasteiger partial charge in [-0.05, 0) is 84.9 Å². The summed E-state index contributed by atoms with van der Waals surface area (Å²) in [6, 6.07) is 23.7. The molecule has 0 radical (unpaired) electrons. The van der Waals surface area contributed by atoms with Crippen LogP contribution in [0.4, 0.5) is 22.7 Å². The van der Waals surface area contributed by atoms with Gasteiger partial charge in [0.2, 0.25) is 0 Å². The number of aromatic nitrogens is 2. The van der Waals surface area contributed by atoms with Crippen molar-refractivity contribution in [3.8, 4) is 11.5 Å². The number of azo groups is 2. The van der Waals surface area contributed by atoms with E-state index in [9.17, 15) is 19.8 Å². The number of fused-ring (bicyclic) bond motifs is 2. The Morgan fingerprint density at radius 1 is 0.578 bits per heavy atom. The van der Waals surface area contributed by atoms with Crippen LogP contribution in [0.1, 0.15) is 20.7 Å². The van der Waals surface area contributed by atoms with Gasteiger partial charge in [0, 0.05) is 49.7 Å². The Morgan fingerprint density at radius 3 is 1.31 bits per heavy atom. The Hall–Kier alpha value is -5.09. The SMILES string of the molecule is O=Cc1cc(N=Nc2ccc(Cl)cc2)c2cccnc2c1O.O=Cc1cc(N=Nc2ccc(Cl)cc2)c2cccnc2c1O.[Ni]. The first kappa shape index (κ1) is 32.8. The minimum atomic E-state index is -0.156. The number of carbonyl (C=O) groups is 2. The molecule has 0 atom stereocenters. The fourth-order valence-electron chi connectivity index (χ4n) is 4.05. The van der Waals surface area contributed by atoms with Crippen LogP contribution >= 0.6 is 23.2 Å². The van der Waals surface area contributed by atoms with E-state index in [2.05, 4.69) is 30.4 Å². The number of hydrogen-bond acceptors (Lipinski definition) is 10. The summed E-state index contributed by atoms with van der Waals surface area (Å²) in [5, 5.41) is 39.0. The van der Waals surface area contributed by atoms with Gasteiger partial charge in [-0.25, -0.2) is 0 Å². The zero-order chi connectivity index (χ0) is 31.1. The van der Waals surface area contributed by atoms with Gasteiger partial charge in [-0.1, -0.05) is 23.2 Å². The first-order valence-corrected chi connectivity index (χ1v) is 13.6. The fraction of sp³-hybridized carbons (Fsp3) is 0. The molecule has 4 aromatic carbocycles. The van der Waals surface area contributed by atoms with Crippen LogP contribution in [-0.4, -0.2) is 32.8 Å². The van der Waals surface area contributed by atoms with Gasteiger partial charge >= 0.3 is 0 Å². The summed E-state index contributed by atoms with van der Waals surface area (Å²) in [5.41, 5.74) is 3.04. The molecule has 0 aliphatic heterocycles. The number of nitrogens with zero attached hydrogens (tertiary/aromatic N) is 6. The van der Waals surface area contributed by atoms with E-state index in [4.69, 9.17) is 23.2 Å². The summed E-state index contributed by atoms with van der Waals surface area (Å²) in [7, 11) is 0. The zero-order valence-electron chi connectivity index (χ0n) is 22.9. The molecule has 2 heterocycles. The molecule has 0 bridgehead atoms. The number of benzene rings is 4. The molecule has 45 heavy (non-hydrogen) atoms. The van der Waals surface area contributed by atoms with Crippen LogP contribution in [0.5, 0.6) is 11.5 Å². The second kappa shape index (κ2) is 15.1. The predicted octanol–water partition coefficient (Wildman–Crippen LogP) is 9.64. The molecule has 2 N–H and O–H groups in total. The normalized spacial score (nSPS) is 10.9. The van der Waals surface area contributed by atoms with E-state index in [0.29, 0.717) is 67.2 Å². The van der Waals surface area contributed by atoms with Crippen molar-refractivity contribution < 1.29 is 36.3 Å². The summed E-state index contributed by atoms with van der Waals surface area (Å²) in [6.45, 7) is 0. The third-order valence-corrected chi connectivity index (χ3v) is 6.70. The fourth-order valence-corrected chi connectivity index (χ4v) is 4.30. The average molecular weight is 682 g/mol. The van der Waals surface area contributed by atoms with Crippen LogP contribution in [0.15, 0.2) is 118 Å². The van der Waals surface area contributed by atoms with Crippen LogP contribution in [0, 0.1) is 0 Å². The molecular weight excluding hydrogens is 662 g/mol. The van der Waals surface area contributed by atoms with Crippen molar-refractivity contribution in [2.24, 2.45) is 20.5 Å².